The van der Waals surface area contributed by atoms with Crippen LogP contribution >= 0.6 is 0 Å². The number of aryl methyl sites for hydroxylation is 1. The Morgan fingerprint density at radius 3 is 2.62 bits per heavy atom. The molecule has 1 rings (SSSR count). The standard InChI is InChI=1S/C15H21FN2O3/c1-10(3-4-14(19)20)5-6-17-15(21)18-13-8-11(2)7-12(16)9-13/h7-10H,3-6H2,1-2H3,(H,19,20)(H2,17,18,21). The van der Waals surface area contributed by atoms with Gasteiger partial charge in [-0.2, -0.15) is 0 Å². The van der Waals surface area contributed by atoms with Crippen molar-refractivity contribution in [2.24, 2.45) is 5.92 Å². The summed E-state index contributed by atoms with van der Waals surface area (Å²) in [6.07, 6.45) is 1.42. The van der Waals surface area contributed by atoms with Crippen LogP contribution in [0.15, 0.2) is 18.2 Å². The highest BCUT2D eigenvalue weighted by Crippen LogP contribution is 2.13. The van der Waals surface area contributed by atoms with Crippen molar-refractivity contribution in [3.8, 4) is 0 Å². The van der Waals surface area contributed by atoms with Crippen LogP contribution in [0.5, 0.6) is 0 Å². The van der Waals surface area contributed by atoms with E-state index in [0.29, 0.717) is 25.1 Å². The molecule has 6 heteroatoms. The first kappa shape index (κ1) is 16.9. The van der Waals surface area contributed by atoms with Crippen LogP contribution < -0.4 is 10.6 Å². The van der Waals surface area contributed by atoms with Gasteiger partial charge in [-0.25, -0.2) is 9.18 Å². The molecule has 0 aliphatic rings. The van der Waals surface area contributed by atoms with Gasteiger partial charge in [0, 0.05) is 18.7 Å². The van der Waals surface area contributed by atoms with Crippen molar-refractivity contribution >= 4 is 17.7 Å². The minimum Gasteiger partial charge on any atom is -0.481 e. The lowest BCUT2D eigenvalue weighted by molar-refractivity contribution is -0.137. The largest absolute Gasteiger partial charge is 0.481 e. The summed E-state index contributed by atoms with van der Waals surface area (Å²) < 4.78 is 13.2. The highest BCUT2D eigenvalue weighted by Gasteiger charge is 2.07. The van der Waals surface area contributed by atoms with E-state index in [0.717, 1.165) is 5.56 Å². The molecule has 2 amide bonds. The number of nitrogens with one attached hydrogen (secondary N) is 2. The van der Waals surface area contributed by atoms with Crippen LogP contribution in [-0.4, -0.2) is 23.7 Å². The van der Waals surface area contributed by atoms with Crippen molar-refractivity contribution < 1.29 is 19.1 Å². The quantitative estimate of drug-likeness (QED) is 0.723. The Kier molecular flexibility index (Phi) is 6.65. The van der Waals surface area contributed by atoms with Crippen LogP contribution in [0, 0.1) is 18.7 Å². The fourth-order valence-electron chi connectivity index (χ4n) is 1.93. The lowest BCUT2D eigenvalue weighted by Gasteiger charge is -2.12. The highest BCUT2D eigenvalue weighted by atomic mass is 19.1. The maximum atomic E-state index is 13.2. The van der Waals surface area contributed by atoms with Gasteiger partial charge in [0.05, 0.1) is 0 Å². The number of hydrogen-bond donors (Lipinski definition) is 3. The maximum absolute atomic E-state index is 13.2. The molecule has 0 radical (unpaired) electrons. The molecule has 3 N–H and O–H groups in total. The van der Waals surface area contributed by atoms with Crippen molar-refractivity contribution in [3.05, 3.63) is 29.6 Å². The number of carboxylic acid groups (broad SMARTS) is 1. The topological polar surface area (TPSA) is 78.4 Å². The summed E-state index contributed by atoms with van der Waals surface area (Å²) in [7, 11) is 0. The normalized spacial score (nSPS) is 11.8. The van der Waals surface area contributed by atoms with Crippen molar-refractivity contribution in [1.82, 2.24) is 5.32 Å². The molecule has 0 spiro atoms. The number of rotatable bonds is 7. The summed E-state index contributed by atoms with van der Waals surface area (Å²) in [5.41, 5.74) is 1.14. The third-order valence-electron chi connectivity index (χ3n) is 3.07. The molecule has 0 heterocycles. The number of carboxylic acids is 1. The summed E-state index contributed by atoms with van der Waals surface area (Å²) in [5, 5.41) is 13.8. The van der Waals surface area contributed by atoms with E-state index >= 15 is 0 Å². The van der Waals surface area contributed by atoms with Crippen LogP contribution in [0.1, 0.15) is 31.7 Å². The predicted molar refractivity (Wildman–Crippen MR) is 78.8 cm³/mol. The van der Waals surface area contributed by atoms with Gasteiger partial charge >= 0.3 is 12.0 Å². The Morgan fingerprint density at radius 1 is 1.29 bits per heavy atom. The van der Waals surface area contributed by atoms with E-state index in [1.165, 1.54) is 12.1 Å². The van der Waals surface area contributed by atoms with Gasteiger partial charge in [-0.05, 0) is 49.4 Å². The first-order valence-electron chi connectivity index (χ1n) is 6.90. The monoisotopic (exact) mass is 296 g/mol. The number of carbonyl (C=O) groups excluding carboxylic acids is 1. The Morgan fingerprint density at radius 2 is 2.00 bits per heavy atom. The van der Waals surface area contributed by atoms with Crippen LogP contribution in [0.3, 0.4) is 0 Å². The number of amides is 2. The second-order valence-electron chi connectivity index (χ2n) is 5.22. The van der Waals surface area contributed by atoms with E-state index in [2.05, 4.69) is 10.6 Å². The Bertz CT molecular complexity index is 485. The molecule has 1 aromatic carbocycles. The second kappa shape index (κ2) is 8.24. The Hall–Kier alpha value is -2.11. The summed E-state index contributed by atoms with van der Waals surface area (Å²) >= 11 is 0. The molecule has 1 atom stereocenters. The fourth-order valence-corrected chi connectivity index (χ4v) is 1.93. The van der Waals surface area contributed by atoms with E-state index in [9.17, 15) is 14.0 Å². The molecule has 0 aliphatic carbocycles. The van der Waals surface area contributed by atoms with Gasteiger partial charge in [0.2, 0.25) is 0 Å². The summed E-state index contributed by atoms with van der Waals surface area (Å²) in [4.78, 5) is 22.1. The van der Waals surface area contributed by atoms with Gasteiger partial charge in [-0.1, -0.05) is 6.92 Å². The van der Waals surface area contributed by atoms with Crippen LogP contribution in [0.4, 0.5) is 14.9 Å². The SMILES string of the molecule is Cc1cc(F)cc(NC(=O)NCCC(C)CCC(=O)O)c1. The summed E-state index contributed by atoms with van der Waals surface area (Å²) in [6.45, 7) is 4.13. The minimum absolute atomic E-state index is 0.135. The zero-order valence-electron chi connectivity index (χ0n) is 12.3. The van der Waals surface area contributed by atoms with E-state index < -0.39 is 17.8 Å². The summed E-state index contributed by atoms with van der Waals surface area (Å²) in [5.74, 6) is -0.987. The zero-order valence-corrected chi connectivity index (χ0v) is 12.3. The zero-order chi connectivity index (χ0) is 15.8. The first-order valence-corrected chi connectivity index (χ1v) is 6.90. The van der Waals surface area contributed by atoms with Gasteiger partial charge in [0.15, 0.2) is 0 Å². The van der Waals surface area contributed by atoms with E-state index in [-0.39, 0.29) is 12.3 Å². The van der Waals surface area contributed by atoms with E-state index in [1.807, 2.05) is 6.92 Å². The fraction of sp³-hybridized carbons (Fsp3) is 0.467. The third-order valence-corrected chi connectivity index (χ3v) is 3.07. The molecule has 0 fully saturated rings. The molecule has 21 heavy (non-hydrogen) atoms. The van der Waals surface area contributed by atoms with Crippen molar-refractivity contribution in [3.63, 3.8) is 0 Å². The smallest absolute Gasteiger partial charge is 0.319 e. The molecule has 5 nitrogen and oxygen atoms in total. The Labute approximate surface area is 123 Å². The number of carbonyl (C=O) groups is 2. The molecule has 1 unspecified atom stereocenters. The first-order chi connectivity index (χ1) is 9.86. The number of urea groups is 1. The van der Waals surface area contributed by atoms with Crippen molar-refractivity contribution in [1.29, 1.82) is 0 Å². The van der Waals surface area contributed by atoms with Gasteiger partial charge in [0.25, 0.3) is 0 Å². The maximum Gasteiger partial charge on any atom is 0.319 e. The average Bonchev–Trinajstić information content (AvgIpc) is 2.34. The van der Waals surface area contributed by atoms with Gasteiger partial charge in [-0.15, -0.1) is 0 Å². The number of halogens is 1. The molecule has 0 aromatic heterocycles. The molecule has 0 saturated heterocycles. The minimum atomic E-state index is -0.811. The van der Waals surface area contributed by atoms with Crippen molar-refractivity contribution in [2.45, 2.75) is 33.1 Å². The van der Waals surface area contributed by atoms with Crippen LogP contribution in [-0.2, 0) is 4.79 Å². The second-order valence-corrected chi connectivity index (χ2v) is 5.22. The lowest BCUT2D eigenvalue weighted by atomic mass is 10.0. The number of benzene rings is 1. The number of anilines is 1. The number of hydrogen-bond acceptors (Lipinski definition) is 2. The Balaban J connectivity index is 2.29. The van der Waals surface area contributed by atoms with E-state index in [4.69, 9.17) is 5.11 Å². The average molecular weight is 296 g/mol. The molecule has 0 bridgehead atoms. The molecule has 1 aromatic rings. The lowest BCUT2D eigenvalue weighted by Crippen LogP contribution is -2.30. The molecular weight excluding hydrogens is 275 g/mol. The molecule has 0 aliphatic heterocycles. The van der Waals surface area contributed by atoms with Crippen LogP contribution in [0.25, 0.3) is 0 Å². The molecule has 116 valence electrons. The summed E-state index contributed by atoms with van der Waals surface area (Å²) in [6, 6.07) is 3.92. The van der Waals surface area contributed by atoms with Gasteiger partial charge < -0.3 is 15.7 Å². The highest BCUT2D eigenvalue weighted by molar-refractivity contribution is 5.89. The molecular formula is C15H21FN2O3. The van der Waals surface area contributed by atoms with E-state index in [1.54, 1.807) is 13.0 Å². The van der Waals surface area contributed by atoms with Gasteiger partial charge in [0.1, 0.15) is 5.82 Å². The van der Waals surface area contributed by atoms with Gasteiger partial charge in [-0.3, -0.25) is 4.79 Å². The molecule has 0 saturated carbocycles. The van der Waals surface area contributed by atoms with Crippen LogP contribution in [0.2, 0.25) is 0 Å². The third kappa shape index (κ3) is 7.29. The number of aliphatic carboxylic acids is 1. The predicted octanol–water partition coefficient (Wildman–Crippen LogP) is 3.15. The van der Waals surface area contributed by atoms with Crippen molar-refractivity contribution in [2.75, 3.05) is 11.9 Å².